The summed E-state index contributed by atoms with van der Waals surface area (Å²) >= 11 is 0. The molecule has 0 aromatic heterocycles. The molecule has 2 aromatic carbocycles. The minimum Gasteiger partial charge on any atom is -0.348 e. The van der Waals surface area contributed by atoms with E-state index in [2.05, 4.69) is 11.4 Å². The van der Waals surface area contributed by atoms with Crippen LogP contribution in [0.4, 0.5) is 4.39 Å². The lowest BCUT2D eigenvalue weighted by Gasteiger charge is -2.16. The number of hydrogen-bond donors (Lipinski definition) is 1. The van der Waals surface area contributed by atoms with Crippen LogP contribution < -0.4 is 5.32 Å². The van der Waals surface area contributed by atoms with Crippen LogP contribution in [0, 0.1) is 12.7 Å². The maximum absolute atomic E-state index is 13.2. The van der Waals surface area contributed by atoms with Gasteiger partial charge in [-0.05, 0) is 73.1 Å². The highest BCUT2D eigenvalue weighted by molar-refractivity contribution is 5.94. The van der Waals surface area contributed by atoms with Gasteiger partial charge in [-0.2, -0.15) is 0 Å². The molecule has 0 aliphatic heterocycles. The highest BCUT2D eigenvalue weighted by Gasteiger charge is 2.12. The standard InChI is InChI=1S/C19H20FNO/c1-13-10-14(6-9-18(13)20)12-21-19(22)17-8-7-15-4-2-3-5-16(15)11-17/h6-11H,2-5,12H2,1H3,(H,21,22). The van der Waals surface area contributed by atoms with E-state index in [1.165, 1.54) is 30.0 Å². The Morgan fingerprint density at radius 2 is 1.86 bits per heavy atom. The molecule has 0 saturated heterocycles. The zero-order chi connectivity index (χ0) is 15.5. The summed E-state index contributed by atoms with van der Waals surface area (Å²) in [6, 6.07) is 10.9. The predicted octanol–water partition coefficient (Wildman–Crippen LogP) is 3.94. The molecule has 3 rings (SSSR count). The third kappa shape index (κ3) is 3.19. The van der Waals surface area contributed by atoms with E-state index in [1.54, 1.807) is 19.1 Å². The van der Waals surface area contributed by atoms with Gasteiger partial charge in [-0.3, -0.25) is 4.79 Å². The second kappa shape index (κ2) is 6.30. The number of nitrogens with one attached hydrogen (secondary N) is 1. The minimum atomic E-state index is -0.218. The topological polar surface area (TPSA) is 29.1 Å². The summed E-state index contributed by atoms with van der Waals surface area (Å²) < 4.78 is 13.2. The molecule has 22 heavy (non-hydrogen) atoms. The molecular weight excluding hydrogens is 277 g/mol. The summed E-state index contributed by atoms with van der Waals surface area (Å²) in [4.78, 5) is 12.3. The number of benzene rings is 2. The van der Waals surface area contributed by atoms with Crippen molar-refractivity contribution in [3.8, 4) is 0 Å². The van der Waals surface area contributed by atoms with Crippen molar-refractivity contribution < 1.29 is 9.18 Å². The van der Waals surface area contributed by atoms with Gasteiger partial charge in [0.05, 0.1) is 0 Å². The molecule has 114 valence electrons. The molecule has 0 bridgehead atoms. The fourth-order valence-electron chi connectivity index (χ4n) is 2.98. The SMILES string of the molecule is Cc1cc(CNC(=O)c2ccc3c(c2)CCCC3)ccc1F. The Labute approximate surface area is 130 Å². The molecule has 2 nitrogen and oxygen atoms in total. The highest BCUT2D eigenvalue weighted by Crippen LogP contribution is 2.22. The first kappa shape index (κ1) is 14.8. The Balaban J connectivity index is 1.68. The van der Waals surface area contributed by atoms with E-state index in [9.17, 15) is 9.18 Å². The molecular formula is C19H20FNO. The highest BCUT2D eigenvalue weighted by atomic mass is 19.1. The van der Waals surface area contributed by atoms with Crippen LogP contribution in [0.15, 0.2) is 36.4 Å². The Hall–Kier alpha value is -2.16. The molecule has 1 N–H and O–H groups in total. The van der Waals surface area contributed by atoms with Crippen molar-refractivity contribution in [1.29, 1.82) is 0 Å². The summed E-state index contributed by atoms with van der Waals surface area (Å²) in [6.07, 6.45) is 4.62. The Bertz CT molecular complexity index is 709. The molecule has 0 saturated carbocycles. The first-order valence-electron chi connectivity index (χ1n) is 7.78. The summed E-state index contributed by atoms with van der Waals surface area (Å²) in [5, 5.41) is 2.91. The van der Waals surface area contributed by atoms with Crippen LogP contribution in [0.3, 0.4) is 0 Å². The van der Waals surface area contributed by atoms with Gasteiger partial charge in [0.15, 0.2) is 0 Å². The number of carbonyl (C=O) groups excluding carboxylic acids is 1. The van der Waals surface area contributed by atoms with Crippen LogP contribution in [-0.2, 0) is 19.4 Å². The average molecular weight is 297 g/mol. The summed E-state index contributed by atoms with van der Waals surface area (Å²) in [7, 11) is 0. The number of amides is 1. The van der Waals surface area contributed by atoms with Crippen molar-refractivity contribution in [1.82, 2.24) is 5.32 Å². The molecule has 1 aliphatic rings. The van der Waals surface area contributed by atoms with Gasteiger partial charge in [0.2, 0.25) is 0 Å². The maximum atomic E-state index is 13.2. The van der Waals surface area contributed by atoms with Gasteiger partial charge in [-0.25, -0.2) is 4.39 Å². The lowest BCUT2D eigenvalue weighted by molar-refractivity contribution is 0.0951. The van der Waals surface area contributed by atoms with Gasteiger partial charge >= 0.3 is 0 Å². The molecule has 0 fully saturated rings. The van der Waals surface area contributed by atoms with E-state index in [-0.39, 0.29) is 11.7 Å². The molecule has 1 amide bonds. The third-order valence-corrected chi connectivity index (χ3v) is 4.29. The largest absolute Gasteiger partial charge is 0.348 e. The Morgan fingerprint density at radius 3 is 2.64 bits per heavy atom. The first-order chi connectivity index (χ1) is 10.6. The second-order valence-electron chi connectivity index (χ2n) is 5.96. The van der Waals surface area contributed by atoms with Crippen LogP contribution in [0.1, 0.15) is 45.5 Å². The van der Waals surface area contributed by atoms with E-state index < -0.39 is 0 Å². The lowest BCUT2D eigenvalue weighted by Crippen LogP contribution is -2.23. The van der Waals surface area contributed by atoms with Crippen molar-refractivity contribution in [3.63, 3.8) is 0 Å². The monoisotopic (exact) mass is 297 g/mol. The Morgan fingerprint density at radius 1 is 1.09 bits per heavy atom. The van der Waals surface area contributed by atoms with Gasteiger partial charge in [0.1, 0.15) is 5.82 Å². The zero-order valence-corrected chi connectivity index (χ0v) is 12.8. The molecule has 0 heterocycles. The number of halogens is 1. The number of hydrogen-bond acceptors (Lipinski definition) is 1. The lowest BCUT2D eigenvalue weighted by atomic mass is 9.90. The van der Waals surface area contributed by atoms with E-state index in [1.807, 2.05) is 12.1 Å². The van der Waals surface area contributed by atoms with Crippen LogP contribution >= 0.6 is 0 Å². The van der Waals surface area contributed by atoms with Crippen LogP contribution in [-0.4, -0.2) is 5.91 Å². The summed E-state index contributed by atoms with van der Waals surface area (Å²) in [5.41, 5.74) is 4.89. The van der Waals surface area contributed by atoms with E-state index >= 15 is 0 Å². The fraction of sp³-hybridized carbons (Fsp3) is 0.316. The summed E-state index contributed by atoms with van der Waals surface area (Å²) in [6.45, 7) is 2.14. The quantitative estimate of drug-likeness (QED) is 0.913. The molecule has 0 spiro atoms. The first-order valence-corrected chi connectivity index (χ1v) is 7.78. The van der Waals surface area contributed by atoms with Crippen LogP contribution in [0.25, 0.3) is 0 Å². The molecule has 0 unspecified atom stereocenters. The van der Waals surface area contributed by atoms with E-state index in [0.29, 0.717) is 17.7 Å². The maximum Gasteiger partial charge on any atom is 0.251 e. The van der Waals surface area contributed by atoms with Gasteiger partial charge in [0, 0.05) is 12.1 Å². The van der Waals surface area contributed by atoms with Crippen LogP contribution in [0.5, 0.6) is 0 Å². The van der Waals surface area contributed by atoms with Gasteiger partial charge < -0.3 is 5.32 Å². The smallest absolute Gasteiger partial charge is 0.251 e. The van der Waals surface area contributed by atoms with Gasteiger partial charge in [-0.15, -0.1) is 0 Å². The second-order valence-corrected chi connectivity index (χ2v) is 5.96. The number of carbonyl (C=O) groups is 1. The third-order valence-electron chi connectivity index (χ3n) is 4.29. The number of aryl methyl sites for hydroxylation is 3. The van der Waals surface area contributed by atoms with Gasteiger partial charge in [-0.1, -0.05) is 18.2 Å². The molecule has 1 aliphatic carbocycles. The molecule has 0 atom stereocenters. The minimum absolute atomic E-state index is 0.0737. The fourth-order valence-corrected chi connectivity index (χ4v) is 2.98. The van der Waals surface area contributed by atoms with E-state index in [0.717, 1.165) is 18.4 Å². The molecule has 3 heteroatoms. The predicted molar refractivity (Wildman–Crippen MR) is 85.4 cm³/mol. The number of fused-ring (bicyclic) bond motifs is 1. The zero-order valence-electron chi connectivity index (χ0n) is 12.8. The van der Waals surface area contributed by atoms with E-state index in [4.69, 9.17) is 0 Å². The Kier molecular flexibility index (Phi) is 4.23. The molecule has 2 aromatic rings. The summed E-state index contributed by atoms with van der Waals surface area (Å²) in [5.74, 6) is -0.292. The number of rotatable bonds is 3. The van der Waals surface area contributed by atoms with Crippen LogP contribution in [0.2, 0.25) is 0 Å². The normalized spacial score (nSPS) is 13.5. The molecule has 0 radical (unpaired) electrons. The van der Waals surface area contributed by atoms with Gasteiger partial charge in [0.25, 0.3) is 5.91 Å². The van der Waals surface area contributed by atoms with Crippen molar-refractivity contribution in [2.75, 3.05) is 0 Å². The van der Waals surface area contributed by atoms with Crippen molar-refractivity contribution >= 4 is 5.91 Å². The van der Waals surface area contributed by atoms with Crippen molar-refractivity contribution in [3.05, 3.63) is 70.0 Å². The average Bonchev–Trinajstić information content (AvgIpc) is 2.55. The van der Waals surface area contributed by atoms with Crippen molar-refractivity contribution in [2.45, 2.75) is 39.2 Å². The van der Waals surface area contributed by atoms with Crippen molar-refractivity contribution in [2.24, 2.45) is 0 Å².